The Hall–Kier alpha value is -0.330. The minimum Gasteiger partial charge on any atom is -0.300 e. The average molecular weight is 182 g/mol. The minimum absolute atomic E-state index is 0.276. The highest BCUT2D eigenvalue weighted by atomic mass is 16.1. The summed E-state index contributed by atoms with van der Waals surface area (Å²) in [6.07, 6.45) is 7.73. The average Bonchev–Trinajstić information content (AvgIpc) is 2.17. The number of carbonyl (C=O) groups is 1. The van der Waals surface area contributed by atoms with Gasteiger partial charge in [0.2, 0.25) is 0 Å². The molecule has 0 N–H and O–H groups in total. The summed E-state index contributed by atoms with van der Waals surface area (Å²) in [5, 5.41) is 0. The lowest BCUT2D eigenvalue weighted by Crippen LogP contribution is -2.34. The van der Waals surface area contributed by atoms with Gasteiger partial charge in [0.05, 0.1) is 0 Å². The lowest BCUT2D eigenvalue weighted by Gasteiger charge is -2.40. The number of rotatable bonds is 3. The Labute approximate surface area is 81.9 Å². The summed E-state index contributed by atoms with van der Waals surface area (Å²) in [5.41, 5.74) is 0.351. The first-order valence-electron chi connectivity index (χ1n) is 5.63. The first-order chi connectivity index (χ1) is 6.12. The number of hydrogen-bond donors (Lipinski definition) is 0. The molecule has 1 rings (SSSR count). The van der Waals surface area contributed by atoms with Gasteiger partial charge in [-0.25, -0.2) is 0 Å². The molecule has 0 bridgehead atoms. The van der Waals surface area contributed by atoms with Crippen LogP contribution in [0.2, 0.25) is 0 Å². The van der Waals surface area contributed by atoms with Crippen LogP contribution in [-0.4, -0.2) is 5.78 Å². The summed E-state index contributed by atoms with van der Waals surface area (Å²) in [6, 6.07) is 0. The van der Waals surface area contributed by atoms with Crippen molar-refractivity contribution in [1.82, 2.24) is 0 Å². The molecule has 0 spiro atoms. The molecule has 0 aromatic heterocycles. The van der Waals surface area contributed by atoms with Crippen molar-refractivity contribution in [3.63, 3.8) is 0 Å². The highest BCUT2D eigenvalue weighted by molar-refractivity contribution is 5.78. The first-order valence-corrected chi connectivity index (χ1v) is 5.63. The largest absolute Gasteiger partial charge is 0.300 e. The summed E-state index contributed by atoms with van der Waals surface area (Å²) in [7, 11) is 0. The van der Waals surface area contributed by atoms with Crippen LogP contribution in [-0.2, 0) is 4.79 Å². The Morgan fingerprint density at radius 2 is 1.85 bits per heavy atom. The predicted molar refractivity (Wildman–Crippen MR) is 55.7 cm³/mol. The molecule has 13 heavy (non-hydrogen) atoms. The molecule has 1 saturated carbocycles. The molecule has 0 amide bonds. The van der Waals surface area contributed by atoms with Crippen molar-refractivity contribution in [2.45, 2.75) is 59.3 Å². The number of hydrogen-bond acceptors (Lipinski definition) is 1. The molecule has 1 atom stereocenters. The van der Waals surface area contributed by atoms with Gasteiger partial charge in [-0.15, -0.1) is 0 Å². The Morgan fingerprint density at radius 1 is 1.31 bits per heavy atom. The van der Waals surface area contributed by atoms with E-state index < -0.39 is 0 Å². The summed E-state index contributed by atoms with van der Waals surface area (Å²) in [4.78, 5) is 11.4. The molecule has 0 heterocycles. The highest BCUT2D eigenvalue weighted by Gasteiger charge is 2.37. The molecule has 1 unspecified atom stereocenters. The van der Waals surface area contributed by atoms with E-state index in [1.807, 2.05) is 0 Å². The van der Waals surface area contributed by atoms with Crippen LogP contribution < -0.4 is 0 Å². The van der Waals surface area contributed by atoms with Crippen LogP contribution in [0.15, 0.2) is 0 Å². The number of Topliss-reactive ketones (excluding diaryl/α,β-unsaturated/α-hetero) is 1. The molecule has 1 aliphatic rings. The van der Waals surface area contributed by atoms with E-state index in [9.17, 15) is 4.79 Å². The van der Waals surface area contributed by atoms with Crippen LogP contribution in [0.1, 0.15) is 59.3 Å². The lowest BCUT2D eigenvalue weighted by molar-refractivity contribution is -0.125. The fourth-order valence-corrected chi connectivity index (χ4v) is 2.78. The van der Waals surface area contributed by atoms with Crippen molar-refractivity contribution < 1.29 is 4.79 Å². The van der Waals surface area contributed by atoms with Gasteiger partial charge in [-0.1, -0.05) is 33.1 Å². The van der Waals surface area contributed by atoms with Gasteiger partial charge in [0.15, 0.2) is 0 Å². The summed E-state index contributed by atoms with van der Waals surface area (Å²) < 4.78 is 0. The van der Waals surface area contributed by atoms with E-state index >= 15 is 0 Å². The smallest absolute Gasteiger partial charge is 0.133 e. The monoisotopic (exact) mass is 182 g/mol. The highest BCUT2D eigenvalue weighted by Crippen LogP contribution is 2.45. The van der Waals surface area contributed by atoms with Gasteiger partial charge in [0.25, 0.3) is 0 Å². The van der Waals surface area contributed by atoms with Gasteiger partial charge in [-0.05, 0) is 31.6 Å². The molecular formula is C12H22O. The summed E-state index contributed by atoms with van der Waals surface area (Å²) in [6.45, 7) is 6.11. The second-order valence-electron chi connectivity index (χ2n) is 4.61. The van der Waals surface area contributed by atoms with E-state index in [0.717, 1.165) is 0 Å². The molecule has 1 heteroatoms. The van der Waals surface area contributed by atoms with E-state index in [0.29, 0.717) is 11.2 Å². The normalized spacial score (nSPS) is 23.9. The summed E-state index contributed by atoms with van der Waals surface area (Å²) >= 11 is 0. The van der Waals surface area contributed by atoms with Gasteiger partial charge >= 0.3 is 0 Å². The molecular weight excluding hydrogens is 160 g/mol. The molecule has 76 valence electrons. The second kappa shape index (κ2) is 4.26. The maximum absolute atomic E-state index is 11.4. The van der Waals surface area contributed by atoms with E-state index in [1.165, 1.54) is 38.5 Å². The predicted octanol–water partition coefficient (Wildman–Crippen LogP) is 3.57. The molecule has 1 aliphatic carbocycles. The van der Waals surface area contributed by atoms with Crippen LogP contribution in [0.25, 0.3) is 0 Å². The SMILES string of the molecule is CCC1(C(C)C(C)=O)CCCCC1. The maximum Gasteiger partial charge on any atom is 0.133 e. The standard InChI is InChI=1S/C12H22O/c1-4-12(10(2)11(3)13)8-6-5-7-9-12/h10H,4-9H2,1-3H3. The Kier molecular flexibility index (Phi) is 3.52. The van der Waals surface area contributed by atoms with E-state index in [2.05, 4.69) is 13.8 Å². The Balaban J connectivity index is 2.72. The van der Waals surface area contributed by atoms with Crippen molar-refractivity contribution in [1.29, 1.82) is 0 Å². The van der Waals surface area contributed by atoms with E-state index in [4.69, 9.17) is 0 Å². The van der Waals surface area contributed by atoms with Gasteiger partial charge in [-0.3, -0.25) is 4.79 Å². The fraction of sp³-hybridized carbons (Fsp3) is 0.917. The van der Waals surface area contributed by atoms with Crippen molar-refractivity contribution >= 4 is 5.78 Å². The zero-order chi connectivity index (χ0) is 9.90. The molecule has 0 saturated heterocycles. The van der Waals surface area contributed by atoms with Gasteiger partial charge < -0.3 is 0 Å². The van der Waals surface area contributed by atoms with E-state index in [-0.39, 0.29) is 5.92 Å². The minimum atomic E-state index is 0.276. The van der Waals surface area contributed by atoms with Crippen molar-refractivity contribution in [2.24, 2.45) is 11.3 Å². The number of carbonyl (C=O) groups excluding carboxylic acids is 1. The fourth-order valence-electron chi connectivity index (χ4n) is 2.78. The lowest BCUT2D eigenvalue weighted by atomic mass is 9.64. The molecule has 0 aliphatic heterocycles. The molecule has 0 radical (unpaired) electrons. The Bertz CT molecular complexity index is 178. The zero-order valence-corrected chi connectivity index (χ0v) is 9.23. The third-order valence-electron chi connectivity index (χ3n) is 4.08. The Morgan fingerprint density at radius 3 is 2.23 bits per heavy atom. The third-order valence-corrected chi connectivity index (χ3v) is 4.08. The van der Waals surface area contributed by atoms with Crippen molar-refractivity contribution in [3.8, 4) is 0 Å². The van der Waals surface area contributed by atoms with Gasteiger partial charge in [0, 0.05) is 5.92 Å². The molecule has 0 aromatic carbocycles. The van der Waals surface area contributed by atoms with Gasteiger partial charge in [-0.2, -0.15) is 0 Å². The topological polar surface area (TPSA) is 17.1 Å². The van der Waals surface area contributed by atoms with Crippen LogP contribution in [0.5, 0.6) is 0 Å². The van der Waals surface area contributed by atoms with Gasteiger partial charge in [0.1, 0.15) is 5.78 Å². The van der Waals surface area contributed by atoms with Crippen LogP contribution >= 0.6 is 0 Å². The number of ketones is 1. The first kappa shape index (κ1) is 10.7. The third kappa shape index (κ3) is 2.12. The van der Waals surface area contributed by atoms with Crippen molar-refractivity contribution in [2.75, 3.05) is 0 Å². The van der Waals surface area contributed by atoms with Crippen LogP contribution in [0.3, 0.4) is 0 Å². The van der Waals surface area contributed by atoms with E-state index in [1.54, 1.807) is 6.92 Å². The molecule has 0 aromatic rings. The zero-order valence-electron chi connectivity index (χ0n) is 9.23. The maximum atomic E-state index is 11.4. The second-order valence-corrected chi connectivity index (χ2v) is 4.61. The van der Waals surface area contributed by atoms with Crippen molar-refractivity contribution in [3.05, 3.63) is 0 Å². The quantitative estimate of drug-likeness (QED) is 0.652. The molecule has 1 fully saturated rings. The molecule has 1 nitrogen and oxygen atoms in total. The van der Waals surface area contributed by atoms with Crippen LogP contribution in [0.4, 0.5) is 0 Å². The van der Waals surface area contributed by atoms with Crippen LogP contribution in [0, 0.1) is 11.3 Å². The summed E-state index contributed by atoms with van der Waals surface area (Å²) in [5.74, 6) is 0.654.